The summed E-state index contributed by atoms with van der Waals surface area (Å²) >= 11 is 0. The SMILES string of the molecule is CNc1cc(C(=O)NC2(C)CCC2)cc(C(C)(C)C)n1. The van der Waals surface area contributed by atoms with Crippen LogP contribution in [0.3, 0.4) is 0 Å². The molecule has 110 valence electrons. The minimum atomic E-state index is -0.0811. The van der Waals surface area contributed by atoms with E-state index in [0.29, 0.717) is 5.56 Å². The molecule has 4 heteroatoms. The van der Waals surface area contributed by atoms with Gasteiger partial charge in [0, 0.05) is 29.3 Å². The Morgan fingerprint density at radius 2 is 1.95 bits per heavy atom. The van der Waals surface area contributed by atoms with Crippen molar-refractivity contribution in [2.75, 3.05) is 12.4 Å². The zero-order chi connectivity index (χ0) is 15.0. The Morgan fingerprint density at radius 3 is 2.40 bits per heavy atom. The van der Waals surface area contributed by atoms with Crippen molar-refractivity contribution < 1.29 is 4.79 Å². The maximum absolute atomic E-state index is 12.4. The number of nitrogens with zero attached hydrogens (tertiary/aromatic N) is 1. The van der Waals surface area contributed by atoms with Gasteiger partial charge in [-0.3, -0.25) is 4.79 Å². The molecule has 0 aliphatic heterocycles. The van der Waals surface area contributed by atoms with Gasteiger partial charge < -0.3 is 10.6 Å². The second-order valence-electron chi connectivity index (χ2n) is 6.99. The number of anilines is 1. The van der Waals surface area contributed by atoms with Gasteiger partial charge >= 0.3 is 0 Å². The third kappa shape index (κ3) is 3.11. The highest BCUT2D eigenvalue weighted by Gasteiger charge is 2.33. The van der Waals surface area contributed by atoms with Gasteiger partial charge in [0.2, 0.25) is 0 Å². The van der Waals surface area contributed by atoms with Crippen molar-refractivity contribution in [1.82, 2.24) is 10.3 Å². The van der Waals surface area contributed by atoms with Gasteiger partial charge in [0.1, 0.15) is 5.82 Å². The number of hydrogen-bond acceptors (Lipinski definition) is 3. The molecule has 0 spiro atoms. The van der Waals surface area contributed by atoms with Crippen molar-refractivity contribution in [3.05, 3.63) is 23.4 Å². The Bertz CT molecular complexity index is 513. The predicted molar refractivity (Wildman–Crippen MR) is 82.2 cm³/mol. The van der Waals surface area contributed by atoms with E-state index in [2.05, 4.69) is 43.3 Å². The second-order valence-corrected chi connectivity index (χ2v) is 6.99. The molecule has 4 nitrogen and oxygen atoms in total. The first kappa shape index (κ1) is 14.8. The van der Waals surface area contributed by atoms with E-state index in [9.17, 15) is 4.79 Å². The fourth-order valence-corrected chi connectivity index (χ4v) is 2.35. The summed E-state index contributed by atoms with van der Waals surface area (Å²) in [5, 5.41) is 6.18. The van der Waals surface area contributed by atoms with Crippen LogP contribution in [0.2, 0.25) is 0 Å². The van der Waals surface area contributed by atoms with Gasteiger partial charge in [-0.2, -0.15) is 0 Å². The topological polar surface area (TPSA) is 54.0 Å². The van der Waals surface area contributed by atoms with Crippen molar-refractivity contribution in [2.24, 2.45) is 0 Å². The Morgan fingerprint density at radius 1 is 1.30 bits per heavy atom. The van der Waals surface area contributed by atoms with Crippen LogP contribution in [0.1, 0.15) is 63.0 Å². The van der Waals surface area contributed by atoms with Gasteiger partial charge in [-0.15, -0.1) is 0 Å². The number of rotatable bonds is 3. The lowest BCUT2D eigenvalue weighted by molar-refractivity contribution is 0.0850. The van der Waals surface area contributed by atoms with Crippen LogP contribution in [0.4, 0.5) is 5.82 Å². The molecule has 0 atom stereocenters. The first-order chi connectivity index (χ1) is 9.23. The van der Waals surface area contributed by atoms with E-state index in [4.69, 9.17) is 0 Å². The lowest BCUT2D eigenvalue weighted by atomic mass is 9.78. The van der Waals surface area contributed by atoms with Gasteiger partial charge in [-0.25, -0.2) is 4.98 Å². The monoisotopic (exact) mass is 275 g/mol. The van der Waals surface area contributed by atoms with E-state index < -0.39 is 0 Å². The highest BCUT2D eigenvalue weighted by Crippen LogP contribution is 2.31. The Hall–Kier alpha value is -1.58. The van der Waals surface area contributed by atoms with Crippen molar-refractivity contribution in [1.29, 1.82) is 0 Å². The summed E-state index contributed by atoms with van der Waals surface area (Å²) in [6.45, 7) is 8.41. The minimum Gasteiger partial charge on any atom is -0.373 e. The number of aromatic nitrogens is 1. The summed E-state index contributed by atoms with van der Waals surface area (Å²) in [5.74, 6) is 0.734. The van der Waals surface area contributed by atoms with Crippen molar-refractivity contribution in [3.63, 3.8) is 0 Å². The molecule has 1 heterocycles. The van der Waals surface area contributed by atoms with E-state index in [1.54, 1.807) is 0 Å². The third-order valence-electron chi connectivity index (χ3n) is 3.98. The lowest BCUT2D eigenvalue weighted by Crippen LogP contribution is -2.51. The minimum absolute atomic E-state index is 0.00315. The van der Waals surface area contributed by atoms with Crippen LogP contribution in [0, 0.1) is 0 Å². The standard InChI is InChI=1S/C16H25N3O/c1-15(2,3)12-9-11(10-13(17-5)18-12)14(20)19-16(4)7-6-8-16/h9-10H,6-8H2,1-5H3,(H,17,18)(H,19,20). The van der Waals surface area contributed by atoms with Crippen LogP contribution in [-0.2, 0) is 5.41 Å². The molecule has 0 saturated heterocycles. The number of carbonyl (C=O) groups is 1. The highest BCUT2D eigenvalue weighted by atomic mass is 16.1. The quantitative estimate of drug-likeness (QED) is 0.891. The molecule has 2 rings (SSSR count). The second kappa shape index (κ2) is 5.08. The van der Waals surface area contributed by atoms with Gasteiger partial charge in [0.25, 0.3) is 5.91 Å². The molecular weight excluding hydrogens is 250 g/mol. The van der Waals surface area contributed by atoms with E-state index >= 15 is 0 Å². The van der Waals surface area contributed by atoms with Crippen LogP contribution < -0.4 is 10.6 Å². The van der Waals surface area contributed by atoms with Gasteiger partial charge in [-0.1, -0.05) is 20.8 Å². The smallest absolute Gasteiger partial charge is 0.251 e. The summed E-state index contributed by atoms with van der Waals surface area (Å²) < 4.78 is 0. The van der Waals surface area contributed by atoms with Crippen LogP contribution in [-0.4, -0.2) is 23.5 Å². The number of hydrogen-bond donors (Lipinski definition) is 2. The van der Waals surface area contributed by atoms with E-state index in [-0.39, 0.29) is 16.9 Å². The van der Waals surface area contributed by atoms with Crippen LogP contribution in [0.25, 0.3) is 0 Å². The molecule has 0 radical (unpaired) electrons. The zero-order valence-electron chi connectivity index (χ0n) is 13.1. The van der Waals surface area contributed by atoms with Gasteiger partial charge in [-0.05, 0) is 38.3 Å². The van der Waals surface area contributed by atoms with Crippen LogP contribution in [0.5, 0.6) is 0 Å². The summed E-state index contributed by atoms with van der Waals surface area (Å²) in [7, 11) is 1.82. The normalized spacial score (nSPS) is 17.2. The molecule has 0 unspecified atom stereocenters. The average Bonchev–Trinajstić information content (AvgIpc) is 2.35. The number of pyridine rings is 1. The Balaban J connectivity index is 2.28. The number of amides is 1. The van der Waals surface area contributed by atoms with E-state index in [1.807, 2.05) is 19.2 Å². The van der Waals surface area contributed by atoms with E-state index in [1.165, 1.54) is 6.42 Å². The molecule has 1 aromatic rings. The van der Waals surface area contributed by atoms with E-state index in [0.717, 1.165) is 24.4 Å². The molecular formula is C16H25N3O. The summed E-state index contributed by atoms with van der Waals surface area (Å²) in [6, 6.07) is 3.71. The summed E-state index contributed by atoms with van der Waals surface area (Å²) in [4.78, 5) is 17.0. The first-order valence-corrected chi connectivity index (χ1v) is 7.26. The molecule has 1 aliphatic rings. The molecule has 2 N–H and O–H groups in total. The lowest BCUT2D eigenvalue weighted by Gasteiger charge is -2.39. The van der Waals surface area contributed by atoms with Crippen LogP contribution in [0.15, 0.2) is 12.1 Å². The fourth-order valence-electron chi connectivity index (χ4n) is 2.35. The molecule has 1 fully saturated rings. The van der Waals surface area contributed by atoms with Crippen molar-refractivity contribution in [3.8, 4) is 0 Å². The fraction of sp³-hybridized carbons (Fsp3) is 0.625. The third-order valence-corrected chi connectivity index (χ3v) is 3.98. The zero-order valence-corrected chi connectivity index (χ0v) is 13.1. The summed E-state index contributed by atoms with van der Waals surface area (Å²) in [6.07, 6.45) is 3.33. The van der Waals surface area contributed by atoms with Gasteiger partial charge in [0.15, 0.2) is 0 Å². The number of nitrogens with one attached hydrogen (secondary N) is 2. The maximum atomic E-state index is 12.4. The maximum Gasteiger partial charge on any atom is 0.251 e. The largest absolute Gasteiger partial charge is 0.373 e. The molecule has 1 amide bonds. The first-order valence-electron chi connectivity index (χ1n) is 7.26. The molecule has 1 aliphatic carbocycles. The molecule has 20 heavy (non-hydrogen) atoms. The number of carbonyl (C=O) groups excluding carboxylic acids is 1. The predicted octanol–water partition coefficient (Wildman–Crippen LogP) is 3.09. The van der Waals surface area contributed by atoms with Crippen LogP contribution >= 0.6 is 0 Å². The Labute approximate surface area is 121 Å². The highest BCUT2D eigenvalue weighted by molar-refractivity contribution is 5.95. The Kier molecular flexibility index (Phi) is 3.76. The molecule has 0 aromatic carbocycles. The molecule has 1 aromatic heterocycles. The molecule has 1 saturated carbocycles. The van der Waals surface area contributed by atoms with Crippen molar-refractivity contribution >= 4 is 11.7 Å². The summed E-state index contributed by atoms with van der Waals surface area (Å²) in [5.41, 5.74) is 1.50. The average molecular weight is 275 g/mol. The van der Waals surface area contributed by atoms with Crippen molar-refractivity contribution in [2.45, 2.75) is 57.9 Å². The molecule has 0 bridgehead atoms. The van der Waals surface area contributed by atoms with Gasteiger partial charge in [0.05, 0.1) is 0 Å².